The van der Waals surface area contributed by atoms with Crippen LogP contribution < -0.4 is 5.73 Å². The van der Waals surface area contributed by atoms with Crippen molar-refractivity contribution < 1.29 is 4.74 Å². The molecule has 10 heavy (non-hydrogen) atoms. The van der Waals surface area contributed by atoms with Crippen LogP contribution in [0.5, 0.6) is 0 Å². The molecule has 0 fully saturated rings. The van der Waals surface area contributed by atoms with E-state index < -0.39 is 0 Å². The summed E-state index contributed by atoms with van der Waals surface area (Å²) < 4.78 is 5.16. The Balaban J connectivity index is 2.62. The lowest BCUT2D eigenvalue weighted by molar-refractivity contribution is 0.285. The lowest BCUT2D eigenvalue weighted by Gasteiger charge is -2.12. The Morgan fingerprint density at radius 2 is 2.60 bits per heavy atom. The van der Waals surface area contributed by atoms with E-state index in [1.165, 1.54) is 6.20 Å². The fraction of sp³-hybridized carbons (Fsp3) is 0.500. The summed E-state index contributed by atoms with van der Waals surface area (Å²) >= 11 is 4.05. The van der Waals surface area contributed by atoms with Crippen molar-refractivity contribution in [2.45, 2.75) is 6.42 Å². The van der Waals surface area contributed by atoms with Gasteiger partial charge in [-0.3, -0.25) is 4.99 Å². The average Bonchev–Trinajstić information content (AvgIpc) is 2.05. The molecule has 1 rings (SSSR count). The predicted molar refractivity (Wildman–Crippen MR) is 44.1 cm³/mol. The summed E-state index contributed by atoms with van der Waals surface area (Å²) in [7, 11) is 0. The van der Waals surface area contributed by atoms with Crippen molar-refractivity contribution in [3.63, 3.8) is 0 Å². The minimum absolute atomic E-state index is 0.567. The zero-order valence-electron chi connectivity index (χ0n) is 5.58. The van der Waals surface area contributed by atoms with Crippen LogP contribution in [0.15, 0.2) is 16.1 Å². The van der Waals surface area contributed by atoms with E-state index in [-0.39, 0.29) is 0 Å². The van der Waals surface area contributed by atoms with Gasteiger partial charge in [0.25, 0.3) is 0 Å². The first-order chi connectivity index (χ1) is 4.84. The van der Waals surface area contributed by atoms with Gasteiger partial charge in [-0.25, -0.2) is 0 Å². The largest absolute Gasteiger partial charge is 0.477 e. The molecule has 0 aromatic rings. The number of thiol groups is 1. The summed E-state index contributed by atoms with van der Waals surface area (Å²) in [4.78, 5) is 4.68. The van der Waals surface area contributed by atoms with Crippen LogP contribution in [0, 0.1) is 0 Å². The fourth-order valence-corrected chi connectivity index (χ4v) is 0.821. The molecule has 0 aromatic carbocycles. The summed E-state index contributed by atoms with van der Waals surface area (Å²) in [5.74, 6) is 0.567. The highest BCUT2D eigenvalue weighted by Gasteiger charge is 2.07. The molecule has 0 amide bonds. The molecule has 2 N–H and O–H groups in total. The second kappa shape index (κ2) is 3.51. The fourth-order valence-electron chi connectivity index (χ4n) is 0.686. The monoisotopic (exact) mass is 158 g/mol. The number of ether oxygens (including phenoxy) is 1. The summed E-state index contributed by atoms with van der Waals surface area (Å²) in [6.07, 6.45) is 2.36. The third kappa shape index (κ3) is 1.67. The van der Waals surface area contributed by atoms with E-state index >= 15 is 0 Å². The van der Waals surface area contributed by atoms with Crippen LogP contribution in [0.1, 0.15) is 6.42 Å². The van der Waals surface area contributed by atoms with Crippen molar-refractivity contribution in [1.82, 2.24) is 0 Å². The second-order valence-corrected chi connectivity index (χ2v) is 2.42. The molecule has 0 radical (unpaired) electrons. The molecule has 0 saturated heterocycles. The summed E-state index contributed by atoms with van der Waals surface area (Å²) in [6.45, 7) is 1.53. The molecule has 0 bridgehead atoms. The van der Waals surface area contributed by atoms with Crippen molar-refractivity contribution in [1.29, 1.82) is 0 Å². The molecular weight excluding hydrogens is 148 g/mol. The van der Waals surface area contributed by atoms with E-state index in [0.29, 0.717) is 10.8 Å². The summed E-state index contributed by atoms with van der Waals surface area (Å²) in [5.41, 5.74) is 5.20. The van der Waals surface area contributed by atoms with Gasteiger partial charge in [-0.2, -0.15) is 0 Å². The minimum atomic E-state index is 0.567. The zero-order valence-corrected chi connectivity index (χ0v) is 6.47. The minimum Gasteiger partial charge on any atom is -0.477 e. The van der Waals surface area contributed by atoms with Crippen LogP contribution in [-0.2, 0) is 4.74 Å². The lowest BCUT2D eigenvalue weighted by atomic mass is 10.4. The van der Waals surface area contributed by atoms with Crippen LogP contribution in [0.4, 0.5) is 0 Å². The van der Waals surface area contributed by atoms with Crippen LogP contribution in [0.25, 0.3) is 0 Å². The smallest absolute Gasteiger partial charge is 0.223 e. The zero-order chi connectivity index (χ0) is 7.40. The van der Waals surface area contributed by atoms with Crippen molar-refractivity contribution in [3.8, 4) is 0 Å². The van der Waals surface area contributed by atoms with Crippen LogP contribution in [0.3, 0.4) is 0 Å². The molecular formula is C6H10N2OS. The topological polar surface area (TPSA) is 47.6 Å². The van der Waals surface area contributed by atoms with E-state index in [1.54, 1.807) is 0 Å². The number of hydrogen-bond donors (Lipinski definition) is 2. The van der Waals surface area contributed by atoms with Crippen LogP contribution in [0.2, 0.25) is 0 Å². The van der Waals surface area contributed by atoms with Gasteiger partial charge >= 0.3 is 0 Å². The first-order valence-corrected chi connectivity index (χ1v) is 3.58. The van der Waals surface area contributed by atoms with Gasteiger partial charge in [-0.15, -0.1) is 12.6 Å². The van der Waals surface area contributed by atoms with E-state index in [1.807, 2.05) is 0 Å². The van der Waals surface area contributed by atoms with E-state index in [0.717, 1.165) is 19.6 Å². The Morgan fingerprint density at radius 1 is 1.80 bits per heavy atom. The number of nitrogens with two attached hydrogens (primary N) is 1. The number of hydrogen-bond acceptors (Lipinski definition) is 4. The van der Waals surface area contributed by atoms with Gasteiger partial charge in [0.1, 0.15) is 0 Å². The van der Waals surface area contributed by atoms with Crippen molar-refractivity contribution >= 4 is 18.5 Å². The Kier molecular flexibility index (Phi) is 2.62. The molecule has 0 aromatic heterocycles. The van der Waals surface area contributed by atoms with Gasteiger partial charge in [0.15, 0.2) is 0 Å². The standard InChI is InChI=1S/C6H10N2OS/c7-4-5(10)6-8-2-1-3-9-6/h4,10H,1-3,7H2/b5-4+. The molecule has 56 valence electrons. The highest BCUT2D eigenvalue weighted by Crippen LogP contribution is 2.07. The van der Waals surface area contributed by atoms with E-state index in [2.05, 4.69) is 17.6 Å². The van der Waals surface area contributed by atoms with Gasteiger partial charge in [-0.05, 0) is 0 Å². The molecule has 1 aliphatic rings. The first kappa shape index (κ1) is 7.47. The number of rotatable bonds is 1. The van der Waals surface area contributed by atoms with E-state index in [4.69, 9.17) is 10.5 Å². The third-order valence-electron chi connectivity index (χ3n) is 1.17. The van der Waals surface area contributed by atoms with Crippen molar-refractivity contribution in [3.05, 3.63) is 11.1 Å². The first-order valence-electron chi connectivity index (χ1n) is 3.13. The van der Waals surface area contributed by atoms with Crippen LogP contribution in [-0.4, -0.2) is 19.0 Å². The highest BCUT2D eigenvalue weighted by molar-refractivity contribution is 7.85. The van der Waals surface area contributed by atoms with Gasteiger partial charge in [0, 0.05) is 19.2 Å². The molecule has 0 aliphatic carbocycles. The molecule has 1 heterocycles. The Bertz CT molecular complexity index is 177. The normalized spacial score (nSPS) is 19.7. The van der Waals surface area contributed by atoms with Crippen molar-refractivity contribution in [2.75, 3.05) is 13.2 Å². The molecule has 4 heteroatoms. The maximum atomic E-state index is 5.20. The lowest BCUT2D eigenvalue weighted by Crippen LogP contribution is -2.14. The molecule has 0 atom stereocenters. The second-order valence-electron chi connectivity index (χ2n) is 1.94. The third-order valence-corrected chi connectivity index (χ3v) is 1.51. The Labute approximate surface area is 65.4 Å². The summed E-state index contributed by atoms with van der Waals surface area (Å²) in [5, 5.41) is 0. The van der Waals surface area contributed by atoms with Gasteiger partial charge in [-0.1, -0.05) is 0 Å². The maximum absolute atomic E-state index is 5.20. The maximum Gasteiger partial charge on any atom is 0.223 e. The Morgan fingerprint density at radius 3 is 3.10 bits per heavy atom. The molecule has 0 spiro atoms. The number of nitrogens with zero attached hydrogens (tertiary/aromatic N) is 1. The molecule has 1 aliphatic heterocycles. The quantitative estimate of drug-likeness (QED) is 0.547. The molecule has 0 saturated carbocycles. The highest BCUT2D eigenvalue weighted by atomic mass is 32.1. The predicted octanol–water partition coefficient (Wildman–Crippen LogP) is 0.535. The van der Waals surface area contributed by atoms with Crippen LogP contribution >= 0.6 is 12.6 Å². The average molecular weight is 158 g/mol. The van der Waals surface area contributed by atoms with Gasteiger partial charge < -0.3 is 10.5 Å². The number of aliphatic imine (C=N–C) groups is 1. The van der Waals surface area contributed by atoms with E-state index in [9.17, 15) is 0 Å². The summed E-state index contributed by atoms with van der Waals surface area (Å²) in [6, 6.07) is 0. The van der Waals surface area contributed by atoms with Gasteiger partial charge in [0.05, 0.1) is 11.5 Å². The Hall–Kier alpha value is -0.640. The van der Waals surface area contributed by atoms with Gasteiger partial charge in [0.2, 0.25) is 5.90 Å². The molecule has 0 unspecified atom stereocenters. The van der Waals surface area contributed by atoms with Crippen molar-refractivity contribution in [2.24, 2.45) is 10.7 Å². The SMILES string of the molecule is N/C=C(/S)C1=NCCCO1. The molecule has 3 nitrogen and oxygen atoms in total.